The van der Waals surface area contributed by atoms with Crippen LogP contribution in [0.1, 0.15) is 65.7 Å². The van der Waals surface area contributed by atoms with Crippen LogP contribution in [0.25, 0.3) is 0 Å². The lowest BCUT2D eigenvalue weighted by atomic mass is 9.95. The monoisotopic (exact) mass is 451 g/mol. The highest BCUT2D eigenvalue weighted by molar-refractivity contribution is 6.08. The number of nitrogens with one attached hydrogen (secondary N) is 2. The number of amides is 2. The molecular weight excluding hydrogens is 418 g/mol. The quantitative estimate of drug-likeness (QED) is 0.642. The lowest BCUT2D eigenvalue weighted by molar-refractivity contribution is 0.0927. The summed E-state index contributed by atoms with van der Waals surface area (Å²) in [6.45, 7) is 1.89. The number of rotatable bonds is 7. The number of carbonyl (C=O) groups is 2. The molecule has 1 aliphatic heterocycles. The van der Waals surface area contributed by atoms with Gasteiger partial charge in [-0.1, -0.05) is 19.3 Å². The standard InChI is InChI=1S/C26H33N3O4/c1-32-20-11-12-21(24(17-20)33-2)25(30)28-19-10-13-23(29-14-6-7-15-29)22(16-19)26(31)27-18-8-4-3-5-9-18/h10-13,16-18H,3-9,14-15H2,1-2H3,(H,27,31)(H,28,30). The third-order valence-corrected chi connectivity index (χ3v) is 6.54. The van der Waals surface area contributed by atoms with Gasteiger partial charge in [-0.2, -0.15) is 0 Å². The van der Waals surface area contributed by atoms with Crippen molar-refractivity contribution in [2.24, 2.45) is 0 Å². The molecule has 7 nitrogen and oxygen atoms in total. The number of anilines is 2. The second kappa shape index (κ2) is 10.6. The van der Waals surface area contributed by atoms with Gasteiger partial charge in [0.1, 0.15) is 11.5 Å². The van der Waals surface area contributed by atoms with Gasteiger partial charge in [-0.05, 0) is 56.0 Å². The molecule has 0 atom stereocenters. The van der Waals surface area contributed by atoms with E-state index in [0.29, 0.717) is 28.3 Å². The van der Waals surface area contributed by atoms with E-state index in [1.165, 1.54) is 13.5 Å². The van der Waals surface area contributed by atoms with Crippen LogP contribution < -0.4 is 25.0 Å². The van der Waals surface area contributed by atoms with E-state index in [-0.39, 0.29) is 17.9 Å². The summed E-state index contributed by atoms with van der Waals surface area (Å²) in [7, 11) is 3.08. The molecular formula is C26H33N3O4. The normalized spacial score (nSPS) is 16.4. The van der Waals surface area contributed by atoms with Crippen molar-refractivity contribution in [1.29, 1.82) is 0 Å². The van der Waals surface area contributed by atoms with Gasteiger partial charge >= 0.3 is 0 Å². The third-order valence-electron chi connectivity index (χ3n) is 6.54. The molecule has 0 unspecified atom stereocenters. The predicted octanol–water partition coefficient (Wildman–Crippen LogP) is 4.62. The van der Waals surface area contributed by atoms with E-state index in [1.807, 2.05) is 12.1 Å². The fourth-order valence-electron chi connectivity index (χ4n) is 4.72. The van der Waals surface area contributed by atoms with E-state index in [9.17, 15) is 9.59 Å². The highest BCUT2D eigenvalue weighted by Gasteiger charge is 2.23. The Hall–Kier alpha value is -3.22. The Morgan fingerprint density at radius 2 is 1.61 bits per heavy atom. The molecule has 2 amide bonds. The van der Waals surface area contributed by atoms with E-state index in [2.05, 4.69) is 15.5 Å². The van der Waals surface area contributed by atoms with Crippen LogP contribution >= 0.6 is 0 Å². The average molecular weight is 452 g/mol. The summed E-state index contributed by atoms with van der Waals surface area (Å²) < 4.78 is 10.6. The van der Waals surface area contributed by atoms with Crippen LogP contribution in [0.15, 0.2) is 36.4 Å². The fourth-order valence-corrected chi connectivity index (χ4v) is 4.72. The highest BCUT2D eigenvalue weighted by atomic mass is 16.5. The summed E-state index contributed by atoms with van der Waals surface area (Å²) in [5.41, 5.74) is 2.52. The Balaban J connectivity index is 1.58. The summed E-state index contributed by atoms with van der Waals surface area (Å²) in [5, 5.41) is 6.16. The van der Waals surface area contributed by atoms with Gasteiger partial charge in [0, 0.05) is 36.6 Å². The molecule has 33 heavy (non-hydrogen) atoms. The van der Waals surface area contributed by atoms with Crippen LogP contribution in [0.3, 0.4) is 0 Å². The maximum Gasteiger partial charge on any atom is 0.259 e. The summed E-state index contributed by atoms with van der Waals surface area (Å²) in [5.74, 6) is 0.667. The summed E-state index contributed by atoms with van der Waals surface area (Å²) in [6.07, 6.45) is 7.85. The largest absolute Gasteiger partial charge is 0.497 e. The van der Waals surface area contributed by atoms with Crippen molar-refractivity contribution in [3.63, 3.8) is 0 Å². The van der Waals surface area contributed by atoms with Crippen LogP contribution in [0.5, 0.6) is 11.5 Å². The van der Waals surface area contributed by atoms with Crippen molar-refractivity contribution in [1.82, 2.24) is 5.32 Å². The van der Waals surface area contributed by atoms with Gasteiger partial charge in [-0.3, -0.25) is 9.59 Å². The summed E-state index contributed by atoms with van der Waals surface area (Å²) in [4.78, 5) is 28.5. The maximum atomic E-state index is 13.3. The van der Waals surface area contributed by atoms with Crippen molar-refractivity contribution in [2.45, 2.75) is 51.0 Å². The van der Waals surface area contributed by atoms with Gasteiger partial charge in [0.05, 0.1) is 25.3 Å². The zero-order valence-electron chi connectivity index (χ0n) is 19.5. The van der Waals surface area contributed by atoms with Crippen LogP contribution in [-0.4, -0.2) is 45.2 Å². The van der Waals surface area contributed by atoms with Crippen molar-refractivity contribution in [3.05, 3.63) is 47.5 Å². The molecule has 0 aromatic heterocycles. The SMILES string of the molecule is COc1ccc(C(=O)Nc2ccc(N3CCCC3)c(C(=O)NC3CCCCC3)c2)c(OC)c1. The third kappa shape index (κ3) is 5.41. The second-order valence-electron chi connectivity index (χ2n) is 8.75. The molecule has 0 radical (unpaired) electrons. The molecule has 7 heteroatoms. The number of ether oxygens (including phenoxy) is 2. The van der Waals surface area contributed by atoms with E-state index < -0.39 is 0 Å². The van der Waals surface area contributed by atoms with Gasteiger partial charge in [0.15, 0.2) is 0 Å². The number of methoxy groups -OCH3 is 2. The molecule has 1 saturated heterocycles. The Kier molecular flexibility index (Phi) is 7.37. The molecule has 0 bridgehead atoms. The van der Waals surface area contributed by atoms with Crippen LogP contribution in [0.2, 0.25) is 0 Å². The lowest BCUT2D eigenvalue weighted by Crippen LogP contribution is -2.37. The Labute approximate surface area is 195 Å². The van der Waals surface area contributed by atoms with E-state index in [1.54, 1.807) is 31.4 Å². The minimum atomic E-state index is -0.304. The minimum absolute atomic E-state index is 0.0677. The molecule has 176 valence electrons. The number of nitrogens with zero attached hydrogens (tertiary/aromatic N) is 1. The summed E-state index contributed by atoms with van der Waals surface area (Å²) in [6, 6.07) is 10.9. The molecule has 2 fully saturated rings. The maximum absolute atomic E-state index is 13.3. The smallest absolute Gasteiger partial charge is 0.259 e. The highest BCUT2D eigenvalue weighted by Crippen LogP contribution is 2.30. The molecule has 1 aliphatic carbocycles. The first-order valence-corrected chi connectivity index (χ1v) is 11.8. The second-order valence-corrected chi connectivity index (χ2v) is 8.75. The minimum Gasteiger partial charge on any atom is -0.497 e. The Morgan fingerprint density at radius 3 is 2.30 bits per heavy atom. The molecule has 2 aromatic rings. The Bertz CT molecular complexity index is 995. The van der Waals surface area contributed by atoms with Gasteiger partial charge in [0.2, 0.25) is 0 Å². The fraction of sp³-hybridized carbons (Fsp3) is 0.462. The molecule has 1 heterocycles. The zero-order chi connectivity index (χ0) is 23.2. The molecule has 2 aromatic carbocycles. The molecule has 2 aliphatic rings. The first-order chi connectivity index (χ1) is 16.1. The van der Waals surface area contributed by atoms with Crippen LogP contribution in [0, 0.1) is 0 Å². The van der Waals surface area contributed by atoms with Crippen molar-refractivity contribution in [3.8, 4) is 11.5 Å². The van der Waals surface area contributed by atoms with Gasteiger partial charge in [-0.15, -0.1) is 0 Å². The van der Waals surface area contributed by atoms with Crippen molar-refractivity contribution < 1.29 is 19.1 Å². The van der Waals surface area contributed by atoms with Crippen LogP contribution in [0.4, 0.5) is 11.4 Å². The van der Waals surface area contributed by atoms with Gasteiger partial charge in [-0.25, -0.2) is 0 Å². The first-order valence-electron chi connectivity index (χ1n) is 11.8. The topological polar surface area (TPSA) is 79.9 Å². The molecule has 1 saturated carbocycles. The number of hydrogen-bond donors (Lipinski definition) is 2. The molecule has 2 N–H and O–H groups in total. The van der Waals surface area contributed by atoms with Crippen LogP contribution in [-0.2, 0) is 0 Å². The summed E-state index contributed by atoms with van der Waals surface area (Å²) >= 11 is 0. The molecule has 0 spiro atoms. The Morgan fingerprint density at radius 1 is 0.848 bits per heavy atom. The predicted molar refractivity (Wildman–Crippen MR) is 130 cm³/mol. The zero-order valence-corrected chi connectivity index (χ0v) is 19.5. The first kappa shape index (κ1) is 23.0. The number of carbonyl (C=O) groups excluding carboxylic acids is 2. The average Bonchev–Trinajstić information content (AvgIpc) is 3.39. The van der Waals surface area contributed by atoms with E-state index in [0.717, 1.165) is 57.3 Å². The van der Waals surface area contributed by atoms with Crippen molar-refractivity contribution in [2.75, 3.05) is 37.5 Å². The van der Waals surface area contributed by atoms with E-state index >= 15 is 0 Å². The van der Waals surface area contributed by atoms with Gasteiger partial charge in [0.25, 0.3) is 11.8 Å². The molecule has 4 rings (SSSR count). The number of hydrogen-bond acceptors (Lipinski definition) is 5. The number of benzene rings is 2. The van der Waals surface area contributed by atoms with E-state index in [4.69, 9.17) is 9.47 Å². The van der Waals surface area contributed by atoms with Gasteiger partial charge < -0.3 is 25.0 Å². The van der Waals surface area contributed by atoms with Crippen molar-refractivity contribution >= 4 is 23.2 Å². The lowest BCUT2D eigenvalue weighted by Gasteiger charge is -2.26.